The van der Waals surface area contributed by atoms with Gasteiger partial charge in [-0.15, -0.1) is 11.3 Å². The van der Waals surface area contributed by atoms with Crippen molar-refractivity contribution < 1.29 is 23.1 Å². The summed E-state index contributed by atoms with van der Waals surface area (Å²) in [4.78, 5) is 14.4. The summed E-state index contributed by atoms with van der Waals surface area (Å²) in [5.74, 6) is -0.923. The van der Waals surface area contributed by atoms with Crippen LogP contribution in [0.25, 0.3) is 0 Å². The van der Waals surface area contributed by atoms with Crippen molar-refractivity contribution >= 4 is 17.3 Å². The molecule has 1 N–H and O–H groups in total. The van der Waals surface area contributed by atoms with E-state index in [9.17, 15) is 23.1 Å². The SMILES string of the molecule is O=C(O)C1CCCCN1C(c1cccc(C(F)(F)F)c1)c1cccs1. The molecule has 0 radical (unpaired) electrons. The molecule has 3 nitrogen and oxygen atoms in total. The summed E-state index contributed by atoms with van der Waals surface area (Å²) in [5, 5.41) is 11.4. The van der Waals surface area contributed by atoms with E-state index in [0.29, 0.717) is 18.5 Å². The molecular formula is C18H18F3NO2S. The Labute approximate surface area is 147 Å². The van der Waals surface area contributed by atoms with Crippen LogP contribution in [0.3, 0.4) is 0 Å². The Morgan fingerprint density at radius 3 is 2.68 bits per heavy atom. The van der Waals surface area contributed by atoms with Gasteiger partial charge in [0.2, 0.25) is 0 Å². The van der Waals surface area contributed by atoms with Gasteiger partial charge in [-0.3, -0.25) is 9.69 Å². The van der Waals surface area contributed by atoms with Gasteiger partial charge >= 0.3 is 12.1 Å². The molecule has 3 rings (SSSR count). The van der Waals surface area contributed by atoms with Crippen molar-refractivity contribution in [2.24, 2.45) is 0 Å². The molecular weight excluding hydrogens is 351 g/mol. The van der Waals surface area contributed by atoms with Gasteiger partial charge in [0.25, 0.3) is 0 Å². The van der Waals surface area contributed by atoms with E-state index >= 15 is 0 Å². The fourth-order valence-corrected chi connectivity index (χ4v) is 4.25. The fourth-order valence-electron chi connectivity index (χ4n) is 3.38. The Bertz CT molecular complexity index is 730. The van der Waals surface area contributed by atoms with E-state index in [2.05, 4.69) is 0 Å². The number of carboxylic acid groups (broad SMARTS) is 1. The van der Waals surface area contributed by atoms with Crippen molar-refractivity contribution in [2.45, 2.75) is 37.5 Å². The van der Waals surface area contributed by atoms with Crippen LogP contribution in [0.15, 0.2) is 41.8 Å². The first-order valence-electron chi connectivity index (χ1n) is 8.07. The molecule has 0 bridgehead atoms. The standard InChI is InChI=1S/C18H18F3NO2S/c19-18(20,21)13-6-3-5-12(11-13)16(15-8-4-10-25-15)22-9-2-1-7-14(22)17(23)24/h3-6,8,10-11,14,16H,1-2,7,9H2,(H,23,24). The third kappa shape index (κ3) is 3.88. The number of nitrogens with zero attached hydrogens (tertiary/aromatic N) is 1. The van der Waals surface area contributed by atoms with Crippen LogP contribution in [0, 0.1) is 0 Å². The largest absolute Gasteiger partial charge is 0.480 e. The van der Waals surface area contributed by atoms with Crippen molar-refractivity contribution in [3.63, 3.8) is 0 Å². The zero-order valence-corrected chi connectivity index (χ0v) is 14.2. The lowest BCUT2D eigenvalue weighted by Crippen LogP contribution is -2.46. The third-order valence-electron chi connectivity index (χ3n) is 4.50. The van der Waals surface area contributed by atoms with E-state index in [4.69, 9.17) is 0 Å². The minimum absolute atomic E-state index is 0.477. The van der Waals surface area contributed by atoms with E-state index in [0.717, 1.165) is 29.9 Å². The molecule has 7 heteroatoms. The van der Waals surface area contributed by atoms with Gasteiger partial charge in [-0.1, -0.05) is 24.6 Å². The number of benzene rings is 1. The van der Waals surface area contributed by atoms with Gasteiger partial charge in [0.1, 0.15) is 6.04 Å². The molecule has 0 amide bonds. The molecule has 0 spiro atoms. The molecule has 1 fully saturated rings. The second kappa shape index (κ2) is 7.17. The van der Waals surface area contributed by atoms with Gasteiger partial charge in [0.15, 0.2) is 0 Å². The Kier molecular flexibility index (Phi) is 5.15. The van der Waals surface area contributed by atoms with Crippen molar-refractivity contribution in [2.75, 3.05) is 6.54 Å². The van der Waals surface area contributed by atoms with Gasteiger partial charge in [0.05, 0.1) is 11.6 Å². The number of alkyl halides is 3. The minimum atomic E-state index is -4.43. The highest BCUT2D eigenvalue weighted by Crippen LogP contribution is 2.38. The average molecular weight is 369 g/mol. The molecule has 2 heterocycles. The van der Waals surface area contributed by atoms with Crippen LogP contribution >= 0.6 is 11.3 Å². The van der Waals surface area contributed by atoms with Crippen molar-refractivity contribution in [1.82, 2.24) is 4.90 Å². The first-order chi connectivity index (χ1) is 11.9. The summed E-state index contributed by atoms with van der Waals surface area (Å²) in [6, 6.07) is 7.73. The van der Waals surface area contributed by atoms with E-state index in [-0.39, 0.29) is 0 Å². The highest BCUT2D eigenvalue weighted by Gasteiger charge is 2.37. The summed E-state index contributed by atoms with van der Waals surface area (Å²) in [7, 11) is 0. The van der Waals surface area contributed by atoms with Crippen LogP contribution in [0.4, 0.5) is 13.2 Å². The number of halogens is 3. The van der Waals surface area contributed by atoms with Gasteiger partial charge in [-0.2, -0.15) is 13.2 Å². The zero-order chi connectivity index (χ0) is 18.0. The molecule has 2 atom stereocenters. The number of likely N-dealkylation sites (tertiary alicyclic amines) is 1. The maximum Gasteiger partial charge on any atom is 0.416 e. The summed E-state index contributed by atoms with van der Waals surface area (Å²) in [5.41, 5.74) is -0.235. The van der Waals surface area contributed by atoms with E-state index in [1.165, 1.54) is 17.4 Å². The predicted octanol–water partition coefficient (Wildman–Crippen LogP) is 4.80. The average Bonchev–Trinajstić information content (AvgIpc) is 3.09. The lowest BCUT2D eigenvalue weighted by atomic mass is 9.94. The number of carboxylic acids is 1. The number of hydrogen-bond acceptors (Lipinski definition) is 3. The fraction of sp³-hybridized carbons (Fsp3) is 0.389. The second-order valence-corrected chi connectivity index (χ2v) is 7.11. The maximum atomic E-state index is 13.1. The molecule has 2 aromatic rings. The molecule has 0 aliphatic carbocycles. The smallest absolute Gasteiger partial charge is 0.416 e. The Morgan fingerprint density at radius 2 is 2.04 bits per heavy atom. The Hall–Kier alpha value is -1.86. The molecule has 25 heavy (non-hydrogen) atoms. The summed E-state index contributed by atoms with van der Waals surface area (Å²) in [6.07, 6.45) is -2.27. The molecule has 1 aromatic heterocycles. The third-order valence-corrected chi connectivity index (χ3v) is 5.43. The molecule has 134 valence electrons. The van der Waals surface area contributed by atoms with Crippen molar-refractivity contribution in [3.05, 3.63) is 57.8 Å². The van der Waals surface area contributed by atoms with E-state index in [1.54, 1.807) is 6.07 Å². The molecule has 0 saturated carbocycles. The Morgan fingerprint density at radius 1 is 1.24 bits per heavy atom. The van der Waals surface area contributed by atoms with E-state index < -0.39 is 29.8 Å². The van der Waals surface area contributed by atoms with Crippen LogP contribution in [0.1, 0.15) is 41.3 Å². The lowest BCUT2D eigenvalue weighted by Gasteiger charge is -2.39. The summed E-state index contributed by atoms with van der Waals surface area (Å²) in [6.45, 7) is 0.551. The first-order valence-corrected chi connectivity index (χ1v) is 8.95. The molecule has 1 aliphatic heterocycles. The number of aliphatic carboxylic acids is 1. The topological polar surface area (TPSA) is 40.5 Å². The second-order valence-electron chi connectivity index (χ2n) is 6.13. The predicted molar refractivity (Wildman–Crippen MR) is 89.6 cm³/mol. The number of thiophene rings is 1. The lowest BCUT2D eigenvalue weighted by molar-refractivity contribution is -0.145. The number of hydrogen-bond donors (Lipinski definition) is 1. The first kappa shape index (κ1) is 17.9. The summed E-state index contributed by atoms with van der Waals surface area (Å²) < 4.78 is 39.3. The molecule has 1 aliphatic rings. The van der Waals surface area contributed by atoms with Crippen LogP contribution in [-0.2, 0) is 11.0 Å². The highest BCUT2D eigenvalue weighted by atomic mass is 32.1. The Balaban J connectivity index is 2.06. The van der Waals surface area contributed by atoms with Crippen molar-refractivity contribution in [3.8, 4) is 0 Å². The van der Waals surface area contributed by atoms with Crippen LogP contribution in [0.5, 0.6) is 0 Å². The van der Waals surface area contributed by atoms with Gasteiger partial charge in [-0.25, -0.2) is 0 Å². The number of piperidine rings is 1. The van der Waals surface area contributed by atoms with Crippen LogP contribution in [-0.4, -0.2) is 28.6 Å². The number of rotatable bonds is 4. The van der Waals surface area contributed by atoms with Crippen LogP contribution < -0.4 is 0 Å². The van der Waals surface area contributed by atoms with Gasteiger partial charge in [0, 0.05) is 4.88 Å². The molecule has 2 unspecified atom stereocenters. The molecule has 1 aromatic carbocycles. The number of carbonyl (C=O) groups is 1. The van der Waals surface area contributed by atoms with Gasteiger partial charge < -0.3 is 5.11 Å². The highest BCUT2D eigenvalue weighted by molar-refractivity contribution is 7.10. The van der Waals surface area contributed by atoms with Crippen LogP contribution in [0.2, 0.25) is 0 Å². The zero-order valence-electron chi connectivity index (χ0n) is 13.4. The maximum absolute atomic E-state index is 13.1. The molecule has 1 saturated heterocycles. The monoisotopic (exact) mass is 369 g/mol. The summed E-state index contributed by atoms with van der Waals surface area (Å²) >= 11 is 1.43. The normalized spacial score (nSPS) is 20.4. The quantitative estimate of drug-likeness (QED) is 0.842. The minimum Gasteiger partial charge on any atom is -0.480 e. The van der Waals surface area contributed by atoms with Gasteiger partial charge in [-0.05, 0) is 48.5 Å². The van der Waals surface area contributed by atoms with E-state index in [1.807, 2.05) is 22.4 Å². The van der Waals surface area contributed by atoms with Crippen molar-refractivity contribution in [1.29, 1.82) is 0 Å².